The quantitative estimate of drug-likeness (QED) is 0.240. The summed E-state index contributed by atoms with van der Waals surface area (Å²) >= 11 is 6.44. The van der Waals surface area contributed by atoms with E-state index in [0.29, 0.717) is 37.2 Å². The molecule has 2 aromatic rings. The topological polar surface area (TPSA) is 77.1 Å². The fourth-order valence-corrected chi connectivity index (χ4v) is 9.36. The molecular formula is C36H47ClN2O5S. The molecule has 2 aliphatic heterocycles. The first kappa shape index (κ1) is 32.4. The second-order valence-corrected chi connectivity index (χ2v) is 16.5. The van der Waals surface area contributed by atoms with E-state index < -0.39 is 9.71 Å². The Morgan fingerprint density at radius 3 is 2.80 bits per heavy atom. The average Bonchev–Trinajstić information content (AvgIpc) is 3.15. The Bertz CT molecular complexity index is 1540. The second kappa shape index (κ2) is 13.3. The number of hydrogen-bond donors (Lipinski definition) is 1. The molecule has 9 heteroatoms. The molecule has 1 spiro atoms. The van der Waals surface area contributed by atoms with E-state index in [1.807, 2.05) is 25.1 Å². The van der Waals surface area contributed by atoms with Gasteiger partial charge in [-0.1, -0.05) is 36.7 Å². The first-order valence-corrected chi connectivity index (χ1v) is 18.5. The summed E-state index contributed by atoms with van der Waals surface area (Å²) in [7, 11) is -1.22. The van der Waals surface area contributed by atoms with Gasteiger partial charge >= 0.3 is 0 Å². The molecule has 1 fully saturated rings. The normalized spacial score (nSPS) is 34.0. The van der Waals surface area contributed by atoms with E-state index in [4.69, 9.17) is 25.8 Å². The van der Waals surface area contributed by atoms with Crippen molar-refractivity contribution in [2.75, 3.05) is 44.9 Å². The van der Waals surface area contributed by atoms with E-state index in [2.05, 4.69) is 46.7 Å². The van der Waals surface area contributed by atoms with Crippen molar-refractivity contribution in [1.29, 1.82) is 0 Å². The van der Waals surface area contributed by atoms with Crippen LogP contribution < -0.4 is 14.4 Å². The number of fused-ring (bicyclic) bond motifs is 4. The summed E-state index contributed by atoms with van der Waals surface area (Å²) in [6, 6.07) is 11.9. The highest BCUT2D eigenvalue weighted by atomic mass is 35.5. The van der Waals surface area contributed by atoms with Gasteiger partial charge in [-0.15, -0.1) is 0 Å². The Labute approximate surface area is 273 Å². The summed E-state index contributed by atoms with van der Waals surface area (Å²) < 4.78 is 34.9. The lowest BCUT2D eigenvalue weighted by Crippen LogP contribution is -2.49. The van der Waals surface area contributed by atoms with Crippen molar-refractivity contribution in [3.05, 3.63) is 70.3 Å². The molecule has 2 aliphatic carbocycles. The Balaban J connectivity index is 1.41. The molecule has 6 rings (SSSR count). The van der Waals surface area contributed by atoms with Crippen molar-refractivity contribution in [3.63, 3.8) is 0 Å². The number of carbonyl (C=O) groups is 1. The summed E-state index contributed by atoms with van der Waals surface area (Å²) in [5.74, 6) is 5.23. The lowest BCUT2D eigenvalue weighted by Gasteiger charge is -2.46. The van der Waals surface area contributed by atoms with Gasteiger partial charge in [-0.3, -0.25) is 9.52 Å². The molecule has 2 bridgehead atoms. The predicted octanol–water partition coefficient (Wildman–Crippen LogP) is 6.22. The number of methoxy groups -OCH3 is 1. The number of hydrogen-bond acceptors (Lipinski definition) is 6. The number of ether oxygens (including phenoxy) is 3. The number of halogens is 1. The van der Waals surface area contributed by atoms with Crippen LogP contribution in [0.2, 0.25) is 5.02 Å². The maximum absolute atomic E-state index is 13.8. The molecule has 1 saturated carbocycles. The largest absolute Gasteiger partial charge is 0.490 e. The van der Waals surface area contributed by atoms with Gasteiger partial charge in [0.15, 0.2) is 0 Å². The molecule has 0 saturated heterocycles. The third-order valence-corrected chi connectivity index (χ3v) is 13.2. The van der Waals surface area contributed by atoms with Crippen LogP contribution in [0.1, 0.15) is 67.4 Å². The van der Waals surface area contributed by atoms with Gasteiger partial charge in [0.1, 0.15) is 5.75 Å². The molecule has 1 unspecified atom stereocenters. The highest BCUT2D eigenvalue weighted by Crippen LogP contribution is 2.47. The van der Waals surface area contributed by atoms with Gasteiger partial charge in [-0.2, -0.15) is 0 Å². The Morgan fingerprint density at radius 1 is 1.18 bits per heavy atom. The van der Waals surface area contributed by atoms with E-state index in [-0.39, 0.29) is 28.6 Å². The molecule has 0 aromatic heterocycles. The van der Waals surface area contributed by atoms with Gasteiger partial charge in [0.2, 0.25) is 0 Å². The molecule has 4 aliphatic rings. The molecule has 244 valence electrons. The molecule has 7 nitrogen and oxygen atoms in total. The third kappa shape index (κ3) is 6.67. The highest BCUT2D eigenvalue weighted by molar-refractivity contribution is 7.99. The van der Waals surface area contributed by atoms with Gasteiger partial charge in [0.25, 0.3) is 5.91 Å². The minimum Gasteiger partial charge on any atom is -0.490 e. The molecule has 2 aromatic carbocycles. The SMILES string of the molecule is C=S1(=O)NC(=O)c2ccc3c(c2)N(C[C@@H]2CC[C@H]2[C@@H](OCCOC)/C=C/C[C@H](C)[C@H]1C)C[C@@]1(CCCc2cc(Cl)ccc21)CO3. The molecular weight excluding hydrogens is 608 g/mol. The van der Waals surface area contributed by atoms with Crippen molar-refractivity contribution >= 4 is 38.8 Å². The van der Waals surface area contributed by atoms with Crippen LogP contribution in [-0.4, -0.2) is 67.4 Å². The fourth-order valence-electron chi connectivity index (χ4n) is 7.68. The molecule has 7 atom stereocenters. The van der Waals surface area contributed by atoms with Crippen LogP contribution in [0.5, 0.6) is 5.75 Å². The number of amides is 1. The average molecular weight is 655 g/mol. The maximum atomic E-state index is 13.8. The molecule has 2 heterocycles. The van der Waals surface area contributed by atoms with E-state index >= 15 is 0 Å². The number of rotatable bonds is 4. The summed E-state index contributed by atoms with van der Waals surface area (Å²) in [5, 5.41) is 0.448. The smallest absolute Gasteiger partial charge is 0.262 e. The minimum absolute atomic E-state index is 0.0290. The summed E-state index contributed by atoms with van der Waals surface area (Å²) in [6.07, 6.45) is 10.4. The van der Waals surface area contributed by atoms with Crippen molar-refractivity contribution in [1.82, 2.24) is 4.72 Å². The van der Waals surface area contributed by atoms with Gasteiger partial charge < -0.3 is 19.1 Å². The number of anilines is 1. The van der Waals surface area contributed by atoms with Crippen molar-refractivity contribution in [3.8, 4) is 5.75 Å². The monoisotopic (exact) mass is 654 g/mol. The molecule has 1 N–H and O–H groups in total. The van der Waals surface area contributed by atoms with Crippen molar-refractivity contribution < 1.29 is 23.2 Å². The Hall–Kier alpha value is -2.52. The summed E-state index contributed by atoms with van der Waals surface area (Å²) in [4.78, 5) is 16.0. The maximum Gasteiger partial charge on any atom is 0.262 e. The van der Waals surface area contributed by atoms with E-state index in [1.54, 1.807) is 13.2 Å². The first-order chi connectivity index (χ1) is 21.6. The van der Waals surface area contributed by atoms with E-state index in [0.717, 1.165) is 68.1 Å². The number of nitrogens with zero attached hydrogens (tertiary/aromatic N) is 1. The van der Waals surface area contributed by atoms with Gasteiger partial charge in [0.05, 0.1) is 41.3 Å². The second-order valence-electron chi connectivity index (χ2n) is 13.6. The number of benzene rings is 2. The molecule has 1 amide bonds. The summed E-state index contributed by atoms with van der Waals surface area (Å²) in [5.41, 5.74) is 3.77. The first-order valence-electron chi connectivity index (χ1n) is 16.4. The van der Waals surface area contributed by atoms with E-state index in [9.17, 15) is 9.00 Å². The zero-order valence-electron chi connectivity index (χ0n) is 26.8. The standard InChI is InChI=1S/C36H47ClN2O5S/c1-24-7-5-9-33(43-18-17-42-3)30-13-10-28(30)21-39-22-36(16-6-8-26-19-29(37)12-14-31(26)36)23-44-34-15-11-27(20-32(34)39)35(40)38-45(4,41)25(24)2/h5,9,11-12,14-15,19-20,24-25,28,30,33H,4,6-8,10,13,16-18,21-23H2,1-3H3,(H,38,40,41)/b9-5+/t24-,25+,28-,30+,33-,36-,45?/m0/s1. The van der Waals surface area contributed by atoms with Gasteiger partial charge in [0, 0.05) is 41.5 Å². The highest BCUT2D eigenvalue weighted by Gasteiger charge is 2.44. The number of nitrogens with one attached hydrogen (secondary N) is 1. The van der Waals surface area contributed by atoms with Crippen LogP contribution >= 0.6 is 11.6 Å². The predicted molar refractivity (Wildman–Crippen MR) is 183 cm³/mol. The van der Waals surface area contributed by atoms with Gasteiger partial charge in [-0.25, -0.2) is 4.21 Å². The van der Waals surface area contributed by atoms with Gasteiger partial charge in [-0.05, 0) is 111 Å². The summed E-state index contributed by atoms with van der Waals surface area (Å²) in [6.45, 7) is 7.21. The van der Waals surface area contributed by atoms with Crippen LogP contribution in [0.25, 0.3) is 0 Å². The van der Waals surface area contributed by atoms with Crippen molar-refractivity contribution in [2.45, 2.75) is 69.1 Å². The van der Waals surface area contributed by atoms with Crippen LogP contribution in [0.4, 0.5) is 5.69 Å². The zero-order valence-corrected chi connectivity index (χ0v) is 28.3. The van der Waals surface area contributed by atoms with Crippen LogP contribution in [0.3, 0.4) is 0 Å². The molecule has 45 heavy (non-hydrogen) atoms. The number of carbonyl (C=O) groups excluding carboxylic acids is 1. The number of aryl methyl sites for hydroxylation is 1. The minimum atomic E-state index is -2.91. The van der Waals surface area contributed by atoms with Crippen molar-refractivity contribution in [2.24, 2.45) is 17.8 Å². The number of allylic oxidation sites excluding steroid dienone is 1. The van der Waals surface area contributed by atoms with Crippen LogP contribution in [-0.2, 0) is 31.0 Å². The van der Waals surface area contributed by atoms with Crippen LogP contribution in [0.15, 0.2) is 48.6 Å². The fraction of sp³-hybridized carbons (Fsp3) is 0.556. The zero-order chi connectivity index (χ0) is 31.8. The molecule has 0 radical (unpaired) electrons. The van der Waals surface area contributed by atoms with Crippen LogP contribution in [0, 0.1) is 17.8 Å². The lowest BCUT2D eigenvalue weighted by atomic mass is 9.68. The third-order valence-electron chi connectivity index (χ3n) is 10.8. The van der Waals surface area contributed by atoms with E-state index in [1.165, 1.54) is 11.1 Å². The lowest BCUT2D eigenvalue weighted by molar-refractivity contribution is -0.0309. The Morgan fingerprint density at radius 2 is 2.02 bits per heavy atom. The Kier molecular flexibility index (Phi) is 9.58.